The van der Waals surface area contributed by atoms with Crippen molar-refractivity contribution < 1.29 is 38.0 Å². The zero-order valence-corrected chi connectivity index (χ0v) is 22.0. The fourth-order valence-corrected chi connectivity index (χ4v) is 3.33. The molecule has 0 aliphatic carbocycles. The number of rotatable bonds is 13. The highest BCUT2D eigenvalue weighted by Crippen LogP contribution is 2.19. The Morgan fingerprint density at radius 3 is 2.27 bits per heavy atom. The Labute approximate surface area is 219 Å². The number of ether oxygens (including phenoxy) is 6. The smallest absolute Gasteiger partial charge is 0.408 e. The van der Waals surface area contributed by atoms with Gasteiger partial charge < -0.3 is 33.7 Å². The Bertz CT molecular complexity index is 916. The van der Waals surface area contributed by atoms with Crippen molar-refractivity contribution in [2.45, 2.75) is 51.7 Å². The molecule has 1 N–H and O–H groups in total. The zero-order valence-electron chi connectivity index (χ0n) is 22.0. The molecule has 2 rings (SSSR count). The lowest BCUT2D eigenvalue weighted by molar-refractivity contribution is -0.175. The molecule has 1 aromatic carbocycles. The van der Waals surface area contributed by atoms with Gasteiger partial charge in [-0.1, -0.05) is 66.8 Å². The summed E-state index contributed by atoms with van der Waals surface area (Å²) in [5.74, 6) is -0.704. The molecule has 0 saturated carbocycles. The maximum absolute atomic E-state index is 13.1. The van der Waals surface area contributed by atoms with Crippen molar-refractivity contribution in [1.82, 2.24) is 5.32 Å². The van der Waals surface area contributed by atoms with Gasteiger partial charge >= 0.3 is 12.1 Å². The first-order chi connectivity index (χ1) is 17.7. The number of carbonyl (C=O) groups is 2. The molecule has 0 bridgehead atoms. The van der Waals surface area contributed by atoms with E-state index in [0.29, 0.717) is 0 Å². The van der Waals surface area contributed by atoms with Gasteiger partial charge in [-0.05, 0) is 26.3 Å². The van der Waals surface area contributed by atoms with Crippen LogP contribution in [0.4, 0.5) is 4.79 Å². The zero-order chi connectivity index (χ0) is 27.2. The van der Waals surface area contributed by atoms with Crippen molar-refractivity contribution in [2.24, 2.45) is 0 Å². The fourth-order valence-electron chi connectivity index (χ4n) is 3.33. The molecule has 1 saturated heterocycles. The number of nitrogens with one attached hydrogen (secondary N) is 1. The molecule has 9 heteroatoms. The standard InChI is InChI=1S/C28H39NO8/c1-19(2)12-32-18-25-26(35-14-21(5)6)24(34-13-20(3)4)17-33-16-23(27(30)37-25)29-28(31)36-15-22-10-8-7-9-11-22/h7-11,23-26H,1,3,5,12-18H2,2,4,6H3,(H,29,31). The summed E-state index contributed by atoms with van der Waals surface area (Å²) in [5.41, 5.74) is 3.22. The van der Waals surface area contributed by atoms with Crippen LogP contribution < -0.4 is 5.32 Å². The summed E-state index contributed by atoms with van der Waals surface area (Å²) in [4.78, 5) is 25.5. The number of alkyl carbamates (subject to hydrolysis) is 1. The Kier molecular flexibility index (Phi) is 13.1. The van der Waals surface area contributed by atoms with Gasteiger partial charge in [0.05, 0.1) is 39.6 Å². The van der Waals surface area contributed by atoms with Gasteiger partial charge in [-0.2, -0.15) is 0 Å². The molecule has 0 aromatic heterocycles. The van der Waals surface area contributed by atoms with Crippen LogP contribution in [-0.2, 0) is 39.8 Å². The minimum absolute atomic E-state index is 0.0254. The van der Waals surface area contributed by atoms with Crippen molar-refractivity contribution >= 4 is 12.1 Å². The maximum Gasteiger partial charge on any atom is 0.408 e. The quantitative estimate of drug-likeness (QED) is 0.312. The minimum Gasteiger partial charge on any atom is -0.455 e. The van der Waals surface area contributed by atoms with Crippen LogP contribution in [0.15, 0.2) is 66.8 Å². The van der Waals surface area contributed by atoms with Crippen molar-refractivity contribution in [3.8, 4) is 0 Å². The van der Waals surface area contributed by atoms with Gasteiger partial charge in [0.2, 0.25) is 0 Å². The van der Waals surface area contributed by atoms with Gasteiger partial charge in [-0.15, -0.1) is 0 Å². The first-order valence-electron chi connectivity index (χ1n) is 12.1. The lowest BCUT2D eigenvalue weighted by atomic mass is 10.1. The third-order valence-electron chi connectivity index (χ3n) is 5.05. The third kappa shape index (κ3) is 11.7. The van der Waals surface area contributed by atoms with Gasteiger partial charge in [0.15, 0.2) is 12.1 Å². The summed E-state index contributed by atoms with van der Waals surface area (Å²) >= 11 is 0. The number of esters is 1. The Morgan fingerprint density at radius 2 is 1.62 bits per heavy atom. The van der Waals surface area contributed by atoms with Crippen LogP contribution in [0.3, 0.4) is 0 Å². The number of cyclic esters (lactones) is 1. The molecule has 1 aromatic rings. The summed E-state index contributed by atoms with van der Waals surface area (Å²) in [7, 11) is 0. The number of hydrogen-bond donors (Lipinski definition) is 1. The molecule has 204 valence electrons. The molecule has 1 amide bonds. The maximum atomic E-state index is 13.1. The van der Waals surface area contributed by atoms with Crippen LogP contribution in [0.1, 0.15) is 26.3 Å². The average molecular weight is 518 g/mol. The first-order valence-corrected chi connectivity index (χ1v) is 12.1. The number of hydrogen-bond acceptors (Lipinski definition) is 8. The van der Waals surface area contributed by atoms with E-state index in [-0.39, 0.29) is 46.2 Å². The number of amides is 1. The second-order valence-electron chi connectivity index (χ2n) is 9.28. The molecule has 37 heavy (non-hydrogen) atoms. The lowest BCUT2D eigenvalue weighted by Crippen LogP contribution is -2.49. The van der Waals surface area contributed by atoms with E-state index in [9.17, 15) is 9.59 Å². The van der Waals surface area contributed by atoms with E-state index in [1.165, 1.54) is 0 Å². The Hall–Kier alpha value is -2.98. The van der Waals surface area contributed by atoms with Crippen LogP contribution in [0, 0.1) is 0 Å². The molecule has 9 nitrogen and oxygen atoms in total. The summed E-state index contributed by atoms with van der Waals surface area (Å²) in [6.45, 7) is 17.9. The van der Waals surface area contributed by atoms with E-state index in [1.807, 2.05) is 51.1 Å². The predicted octanol–water partition coefficient (Wildman–Crippen LogP) is 3.74. The first kappa shape index (κ1) is 30.2. The molecule has 1 fully saturated rings. The molecule has 1 heterocycles. The van der Waals surface area contributed by atoms with E-state index in [0.717, 1.165) is 22.3 Å². The van der Waals surface area contributed by atoms with Crippen molar-refractivity contribution in [1.29, 1.82) is 0 Å². The minimum atomic E-state index is -1.10. The molecule has 1 aliphatic heterocycles. The molecule has 0 radical (unpaired) electrons. The second kappa shape index (κ2) is 16.0. The topological polar surface area (TPSA) is 102 Å². The molecular weight excluding hydrogens is 478 g/mol. The van der Waals surface area contributed by atoms with Crippen LogP contribution in [0.2, 0.25) is 0 Å². The number of benzene rings is 1. The monoisotopic (exact) mass is 517 g/mol. The Morgan fingerprint density at radius 1 is 0.973 bits per heavy atom. The van der Waals surface area contributed by atoms with Gasteiger partial charge in [0.25, 0.3) is 0 Å². The van der Waals surface area contributed by atoms with Crippen molar-refractivity contribution in [3.63, 3.8) is 0 Å². The highest BCUT2D eigenvalue weighted by Gasteiger charge is 2.38. The highest BCUT2D eigenvalue weighted by atomic mass is 16.6. The van der Waals surface area contributed by atoms with Gasteiger partial charge in [-0.25, -0.2) is 9.59 Å². The predicted molar refractivity (Wildman–Crippen MR) is 139 cm³/mol. The summed E-state index contributed by atoms with van der Waals surface area (Å²) in [6, 6.07) is 8.11. The Balaban J connectivity index is 2.17. The average Bonchev–Trinajstić information content (AvgIpc) is 2.89. The van der Waals surface area contributed by atoms with E-state index in [4.69, 9.17) is 28.4 Å². The summed E-state index contributed by atoms with van der Waals surface area (Å²) < 4.78 is 34.7. The van der Waals surface area contributed by atoms with E-state index in [2.05, 4.69) is 25.1 Å². The normalized spacial score (nSPS) is 22.1. The van der Waals surface area contributed by atoms with Crippen molar-refractivity contribution in [3.05, 3.63) is 72.4 Å². The summed E-state index contributed by atoms with van der Waals surface area (Å²) in [5, 5.41) is 2.53. The third-order valence-corrected chi connectivity index (χ3v) is 5.05. The van der Waals surface area contributed by atoms with Gasteiger partial charge in [0.1, 0.15) is 18.8 Å². The fraction of sp³-hybridized carbons (Fsp3) is 0.500. The van der Waals surface area contributed by atoms with Crippen LogP contribution in [-0.4, -0.2) is 76.1 Å². The molecule has 4 atom stereocenters. The second-order valence-corrected chi connectivity index (χ2v) is 9.28. The molecular formula is C28H39NO8. The van der Waals surface area contributed by atoms with Crippen LogP contribution >= 0.6 is 0 Å². The molecule has 1 aliphatic rings. The highest BCUT2D eigenvalue weighted by molar-refractivity contribution is 5.81. The van der Waals surface area contributed by atoms with Gasteiger partial charge in [0, 0.05) is 0 Å². The van der Waals surface area contributed by atoms with Crippen LogP contribution in [0.5, 0.6) is 0 Å². The van der Waals surface area contributed by atoms with E-state index in [1.54, 1.807) is 0 Å². The number of carbonyl (C=O) groups excluding carboxylic acids is 2. The van der Waals surface area contributed by atoms with Crippen molar-refractivity contribution in [2.75, 3.05) is 39.6 Å². The molecule has 0 spiro atoms. The van der Waals surface area contributed by atoms with E-state index >= 15 is 0 Å². The van der Waals surface area contributed by atoms with Crippen LogP contribution in [0.25, 0.3) is 0 Å². The largest absolute Gasteiger partial charge is 0.455 e. The van der Waals surface area contributed by atoms with E-state index < -0.39 is 36.4 Å². The molecule has 4 unspecified atom stereocenters. The summed E-state index contributed by atoms with van der Waals surface area (Å²) in [6.07, 6.45) is -2.96. The lowest BCUT2D eigenvalue weighted by Gasteiger charge is -2.32. The van der Waals surface area contributed by atoms with Gasteiger partial charge in [-0.3, -0.25) is 0 Å². The SMILES string of the molecule is C=C(C)COCC1OC(=O)C(NC(=O)OCc2ccccc2)COCC(OCC(=C)C)C1OCC(=C)C.